The van der Waals surface area contributed by atoms with E-state index in [0.717, 1.165) is 14.6 Å². The number of para-hydroxylation sites is 1. The SMILES string of the molecule is CCC1NC(=O)C(C(C)C)N(c2c(Br)cccc2Br)C1=O. The van der Waals surface area contributed by atoms with Crippen LogP contribution >= 0.6 is 31.9 Å². The standard InChI is InChI=1S/C15H18Br2N2O2/c1-4-11-15(21)19(12(8(2)3)14(20)18-11)13-9(16)6-5-7-10(13)17/h5-8,11-12H,4H2,1-3H3,(H,18,20). The number of nitrogens with zero attached hydrogens (tertiary/aromatic N) is 1. The lowest BCUT2D eigenvalue weighted by Crippen LogP contribution is -2.65. The predicted octanol–water partition coefficient (Wildman–Crippen LogP) is 3.48. The molecular formula is C15H18Br2N2O2. The number of anilines is 1. The normalized spacial score (nSPS) is 22.7. The summed E-state index contributed by atoms with van der Waals surface area (Å²) < 4.78 is 1.58. The molecule has 0 aromatic heterocycles. The molecule has 2 amide bonds. The van der Waals surface area contributed by atoms with Crippen molar-refractivity contribution in [1.29, 1.82) is 0 Å². The van der Waals surface area contributed by atoms with Gasteiger partial charge in [0.05, 0.1) is 5.69 Å². The minimum absolute atomic E-state index is 0.0192. The maximum Gasteiger partial charge on any atom is 0.250 e. The third-order valence-corrected chi connectivity index (χ3v) is 4.90. The van der Waals surface area contributed by atoms with E-state index in [1.165, 1.54) is 0 Å². The Balaban J connectivity index is 2.58. The topological polar surface area (TPSA) is 49.4 Å². The van der Waals surface area contributed by atoms with Gasteiger partial charge >= 0.3 is 0 Å². The summed E-state index contributed by atoms with van der Waals surface area (Å²) >= 11 is 6.99. The molecule has 0 saturated carbocycles. The van der Waals surface area contributed by atoms with Crippen LogP contribution in [0.4, 0.5) is 5.69 Å². The van der Waals surface area contributed by atoms with Gasteiger partial charge in [0.2, 0.25) is 11.8 Å². The van der Waals surface area contributed by atoms with E-state index in [1.807, 2.05) is 39.0 Å². The fourth-order valence-corrected chi connectivity index (χ4v) is 3.97. The van der Waals surface area contributed by atoms with Gasteiger partial charge in [-0.15, -0.1) is 0 Å². The average molecular weight is 418 g/mol. The molecule has 0 bridgehead atoms. The molecule has 1 saturated heterocycles. The monoisotopic (exact) mass is 416 g/mol. The summed E-state index contributed by atoms with van der Waals surface area (Å²) in [6, 6.07) is 4.66. The lowest BCUT2D eigenvalue weighted by Gasteiger charge is -2.41. The molecule has 1 aliphatic heterocycles. The summed E-state index contributed by atoms with van der Waals surface area (Å²) in [6.45, 7) is 5.79. The Labute approximate surface area is 141 Å². The highest BCUT2D eigenvalue weighted by atomic mass is 79.9. The fraction of sp³-hybridized carbons (Fsp3) is 0.467. The molecule has 0 spiro atoms. The molecule has 2 unspecified atom stereocenters. The summed E-state index contributed by atoms with van der Waals surface area (Å²) in [6.07, 6.45) is 0.577. The number of piperazine rings is 1. The smallest absolute Gasteiger partial charge is 0.250 e. The van der Waals surface area contributed by atoms with Crippen LogP contribution in [-0.2, 0) is 9.59 Å². The van der Waals surface area contributed by atoms with Crippen LogP contribution < -0.4 is 10.2 Å². The molecule has 114 valence electrons. The molecule has 0 aliphatic carbocycles. The van der Waals surface area contributed by atoms with E-state index >= 15 is 0 Å². The van der Waals surface area contributed by atoms with Crippen LogP contribution in [0.1, 0.15) is 27.2 Å². The van der Waals surface area contributed by atoms with Gasteiger partial charge in [0, 0.05) is 8.95 Å². The van der Waals surface area contributed by atoms with Gasteiger partial charge < -0.3 is 5.32 Å². The van der Waals surface area contributed by atoms with Gasteiger partial charge in [-0.05, 0) is 56.3 Å². The largest absolute Gasteiger partial charge is 0.342 e. The van der Waals surface area contributed by atoms with Crippen LogP contribution in [0.25, 0.3) is 0 Å². The molecule has 0 radical (unpaired) electrons. The first-order chi connectivity index (χ1) is 9.88. The van der Waals surface area contributed by atoms with E-state index in [0.29, 0.717) is 6.42 Å². The Bertz CT molecular complexity index is 555. The summed E-state index contributed by atoms with van der Waals surface area (Å²) in [7, 11) is 0. The first-order valence-electron chi connectivity index (χ1n) is 6.96. The second-order valence-corrected chi connectivity index (χ2v) is 7.15. The van der Waals surface area contributed by atoms with Crippen LogP contribution in [0.2, 0.25) is 0 Å². The highest BCUT2D eigenvalue weighted by Gasteiger charge is 2.43. The van der Waals surface area contributed by atoms with Crippen LogP contribution in [-0.4, -0.2) is 23.9 Å². The third kappa shape index (κ3) is 3.01. The van der Waals surface area contributed by atoms with Crippen LogP contribution in [0, 0.1) is 5.92 Å². The Kier molecular flexibility index (Phi) is 5.09. The molecule has 1 aliphatic rings. The van der Waals surface area contributed by atoms with Crippen LogP contribution in [0.3, 0.4) is 0 Å². The van der Waals surface area contributed by atoms with Gasteiger partial charge in [0.25, 0.3) is 0 Å². The van der Waals surface area contributed by atoms with Crippen molar-refractivity contribution in [1.82, 2.24) is 5.32 Å². The molecule has 21 heavy (non-hydrogen) atoms. The zero-order valence-corrected chi connectivity index (χ0v) is 15.4. The minimum Gasteiger partial charge on any atom is -0.342 e. The van der Waals surface area contributed by atoms with Gasteiger partial charge in [0.1, 0.15) is 12.1 Å². The van der Waals surface area contributed by atoms with E-state index in [1.54, 1.807) is 4.90 Å². The number of benzene rings is 1. The zero-order valence-electron chi connectivity index (χ0n) is 12.2. The van der Waals surface area contributed by atoms with Gasteiger partial charge in [-0.3, -0.25) is 14.5 Å². The molecule has 1 N–H and O–H groups in total. The lowest BCUT2D eigenvalue weighted by molar-refractivity contribution is -0.134. The molecule has 1 fully saturated rings. The van der Waals surface area contributed by atoms with E-state index in [-0.39, 0.29) is 17.7 Å². The van der Waals surface area contributed by atoms with E-state index in [2.05, 4.69) is 37.2 Å². The van der Waals surface area contributed by atoms with Gasteiger partial charge in [-0.1, -0.05) is 26.8 Å². The predicted molar refractivity (Wildman–Crippen MR) is 90.2 cm³/mol. The van der Waals surface area contributed by atoms with Crippen molar-refractivity contribution in [3.8, 4) is 0 Å². The summed E-state index contributed by atoms with van der Waals surface area (Å²) in [4.78, 5) is 26.8. The second-order valence-electron chi connectivity index (χ2n) is 5.44. The van der Waals surface area contributed by atoms with E-state index < -0.39 is 12.1 Å². The highest BCUT2D eigenvalue weighted by Crippen LogP contribution is 2.38. The minimum atomic E-state index is -0.504. The molecule has 1 heterocycles. The summed E-state index contributed by atoms with van der Waals surface area (Å²) in [5, 5.41) is 2.83. The first-order valence-corrected chi connectivity index (χ1v) is 8.54. The van der Waals surface area contributed by atoms with Crippen molar-refractivity contribution in [3.63, 3.8) is 0 Å². The number of rotatable bonds is 3. The molecule has 2 atom stereocenters. The number of nitrogens with one attached hydrogen (secondary N) is 1. The Hall–Kier alpha value is -0.880. The Morgan fingerprint density at radius 2 is 1.81 bits per heavy atom. The second kappa shape index (κ2) is 6.48. The number of amides is 2. The van der Waals surface area contributed by atoms with Crippen molar-refractivity contribution < 1.29 is 9.59 Å². The Morgan fingerprint density at radius 3 is 2.29 bits per heavy atom. The molecule has 1 aromatic carbocycles. The van der Waals surface area contributed by atoms with Gasteiger partial charge in [-0.2, -0.15) is 0 Å². The number of halogens is 2. The maximum atomic E-state index is 12.8. The lowest BCUT2D eigenvalue weighted by atomic mass is 9.95. The molecule has 2 rings (SSSR count). The number of carbonyl (C=O) groups excluding carboxylic acids is 2. The number of hydrogen-bond acceptors (Lipinski definition) is 2. The van der Waals surface area contributed by atoms with Gasteiger partial charge in [0.15, 0.2) is 0 Å². The van der Waals surface area contributed by atoms with Crippen molar-refractivity contribution in [2.45, 2.75) is 39.3 Å². The molecule has 1 aromatic rings. The Morgan fingerprint density at radius 1 is 1.24 bits per heavy atom. The van der Waals surface area contributed by atoms with E-state index in [4.69, 9.17) is 0 Å². The quantitative estimate of drug-likeness (QED) is 0.818. The molecule has 6 heteroatoms. The third-order valence-electron chi connectivity index (χ3n) is 3.62. The van der Waals surface area contributed by atoms with Crippen molar-refractivity contribution >= 4 is 49.4 Å². The molecule has 4 nitrogen and oxygen atoms in total. The average Bonchev–Trinajstić information content (AvgIpc) is 2.41. The van der Waals surface area contributed by atoms with Gasteiger partial charge in [-0.25, -0.2) is 0 Å². The van der Waals surface area contributed by atoms with E-state index in [9.17, 15) is 9.59 Å². The molecular weight excluding hydrogens is 400 g/mol. The zero-order chi connectivity index (χ0) is 15.7. The van der Waals surface area contributed by atoms with Crippen LogP contribution in [0.15, 0.2) is 27.1 Å². The summed E-state index contributed by atoms with van der Waals surface area (Å²) in [5.41, 5.74) is 0.717. The highest BCUT2D eigenvalue weighted by molar-refractivity contribution is 9.11. The van der Waals surface area contributed by atoms with Crippen molar-refractivity contribution in [3.05, 3.63) is 27.1 Å². The van der Waals surface area contributed by atoms with Crippen molar-refractivity contribution in [2.75, 3.05) is 4.90 Å². The maximum absolute atomic E-state index is 12.8. The summed E-state index contributed by atoms with van der Waals surface area (Å²) in [5.74, 6) is -0.145. The fourth-order valence-electron chi connectivity index (χ4n) is 2.59. The number of hydrogen-bond donors (Lipinski definition) is 1. The van der Waals surface area contributed by atoms with Crippen LogP contribution in [0.5, 0.6) is 0 Å². The van der Waals surface area contributed by atoms with Crippen molar-refractivity contribution in [2.24, 2.45) is 5.92 Å². The number of carbonyl (C=O) groups is 2. The first kappa shape index (κ1) is 16.5.